The van der Waals surface area contributed by atoms with Crippen LogP contribution in [-0.4, -0.2) is 12.7 Å². The molecule has 2 aliphatic carbocycles. The predicted octanol–water partition coefficient (Wildman–Crippen LogP) is 6.81. The van der Waals surface area contributed by atoms with Crippen molar-refractivity contribution < 1.29 is 4.74 Å². The van der Waals surface area contributed by atoms with Crippen molar-refractivity contribution in [2.45, 2.75) is 102 Å². The Morgan fingerprint density at radius 2 is 1.72 bits per heavy atom. The van der Waals surface area contributed by atoms with Gasteiger partial charge in [-0.05, 0) is 69.1 Å². The van der Waals surface area contributed by atoms with Crippen molar-refractivity contribution in [2.75, 3.05) is 7.11 Å². The topological polar surface area (TPSA) is 33.0 Å². The van der Waals surface area contributed by atoms with E-state index in [1.54, 1.807) is 6.08 Å². The number of hydrogen-bond acceptors (Lipinski definition) is 2. The molecule has 2 rings (SSSR count). The second-order valence-corrected chi connectivity index (χ2v) is 8.57. The molecule has 25 heavy (non-hydrogen) atoms. The Hall–Kier alpha value is -0.810. The summed E-state index contributed by atoms with van der Waals surface area (Å²) in [6, 6.07) is 2.08. The van der Waals surface area contributed by atoms with E-state index in [0.29, 0.717) is 0 Å². The molecule has 2 saturated carbocycles. The van der Waals surface area contributed by atoms with Crippen molar-refractivity contribution in [2.24, 2.45) is 17.8 Å². The molecule has 0 heterocycles. The Labute approximate surface area is 156 Å². The predicted molar refractivity (Wildman–Crippen MR) is 105 cm³/mol. The number of nitrogens with zero attached hydrogens (tertiary/aromatic N) is 1. The maximum absolute atomic E-state index is 8.61. The molecule has 0 amide bonds. The maximum Gasteiger partial charge on any atom is 0.0908 e. The van der Waals surface area contributed by atoms with Gasteiger partial charge in [0.25, 0.3) is 0 Å². The third-order valence-electron chi connectivity index (χ3n) is 7.11. The Bertz CT molecular complexity index is 420. The number of allylic oxidation sites excluding steroid dienone is 2. The number of hydrogen-bond donors (Lipinski definition) is 0. The van der Waals surface area contributed by atoms with E-state index in [1.165, 1.54) is 77.0 Å². The largest absolute Gasteiger partial charge is 0.378 e. The van der Waals surface area contributed by atoms with Gasteiger partial charge in [-0.2, -0.15) is 5.26 Å². The summed E-state index contributed by atoms with van der Waals surface area (Å²) in [4.78, 5) is 0. The normalized spacial score (nSPS) is 33.4. The Kier molecular flexibility index (Phi) is 9.04. The zero-order valence-electron chi connectivity index (χ0n) is 16.6. The van der Waals surface area contributed by atoms with Crippen LogP contribution in [0.25, 0.3) is 0 Å². The summed E-state index contributed by atoms with van der Waals surface area (Å²) in [7, 11) is 1.88. The van der Waals surface area contributed by atoms with Gasteiger partial charge in [-0.1, -0.05) is 51.5 Å². The molecule has 0 aromatic heterocycles. The number of ether oxygens (including phenoxy) is 1. The lowest BCUT2D eigenvalue weighted by Crippen LogP contribution is -2.38. The summed E-state index contributed by atoms with van der Waals surface area (Å²) in [5, 5.41) is 8.61. The molecule has 2 aliphatic rings. The van der Waals surface area contributed by atoms with Gasteiger partial charge in [0.2, 0.25) is 0 Å². The first kappa shape index (κ1) is 20.5. The fourth-order valence-corrected chi connectivity index (χ4v) is 5.31. The van der Waals surface area contributed by atoms with E-state index >= 15 is 0 Å². The smallest absolute Gasteiger partial charge is 0.0908 e. The average molecular weight is 346 g/mol. The number of methoxy groups -OCH3 is 1. The summed E-state index contributed by atoms with van der Waals surface area (Å²) >= 11 is 0. The Balaban J connectivity index is 1.71. The molecule has 2 heteroatoms. The van der Waals surface area contributed by atoms with Crippen LogP contribution in [-0.2, 0) is 4.74 Å². The van der Waals surface area contributed by atoms with Gasteiger partial charge < -0.3 is 4.74 Å². The molecule has 0 aliphatic heterocycles. The van der Waals surface area contributed by atoms with Crippen molar-refractivity contribution in [1.29, 1.82) is 5.26 Å². The first-order valence-corrected chi connectivity index (χ1v) is 10.8. The second kappa shape index (κ2) is 11.0. The van der Waals surface area contributed by atoms with Gasteiger partial charge in [-0.15, -0.1) is 0 Å². The SMILES string of the molecule is CCCCCC1CCC(C2CCC(CCC=CC#N)(OC)CC2)CC1. The van der Waals surface area contributed by atoms with Crippen molar-refractivity contribution in [3.63, 3.8) is 0 Å². The summed E-state index contributed by atoms with van der Waals surface area (Å²) in [5.74, 6) is 2.95. The lowest BCUT2D eigenvalue weighted by Gasteiger charge is -2.43. The molecule has 2 nitrogen and oxygen atoms in total. The standard InChI is InChI=1S/C23H39NO/c1-3-4-6-9-20-10-12-21(13-11-20)22-14-17-23(25-2,18-15-22)16-7-5-8-19-24/h5,8,20-22H,3-4,6-7,9-18H2,1-2H3. The Morgan fingerprint density at radius 1 is 1.04 bits per heavy atom. The van der Waals surface area contributed by atoms with Crippen LogP contribution in [0.3, 0.4) is 0 Å². The van der Waals surface area contributed by atoms with Gasteiger partial charge in [0.05, 0.1) is 11.7 Å². The van der Waals surface area contributed by atoms with Crippen molar-refractivity contribution >= 4 is 0 Å². The van der Waals surface area contributed by atoms with Gasteiger partial charge in [-0.3, -0.25) is 0 Å². The quantitative estimate of drug-likeness (QED) is 0.340. The van der Waals surface area contributed by atoms with Crippen LogP contribution in [0.4, 0.5) is 0 Å². The minimum atomic E-state index is 0.0770. The Morgan fingerprint density at radius 3 is 2.32 bits per heavy atom. The lowest BCUT2D eigenvalue weighted by molar-refractivity contribution is -0.0618. The molecule has 142 valence electrons. The highest BCUT2D eigenvalue weighted by atomic mass is 16.5. The molecule has 0 aromatic rings. The summed E-state index contributed by atoms with van der Waals surface area (Å²) < 4.78 is 5.95. The molecular formula is C23H39NO. The molecule has 0 spiro atoms. The van der Waals surface area contributed by atoms with Crippen molar-refractivity contribution in [1.82, 2.24) is 0 Å². The highest BCUT2D eigenvalue weighted by molar-refractivity contribution is 5.02. The molecule has 0 aromatic carbocycles. The first-order valence-electron chi connectivity index (χ1n) is 10.8. The van der Waals surface area contributed by atoms with E-state index in [0.717, 1.165) is 30.6 Å². The van der Waals surface area contributed by atoms with Crippen LogP contribution in [0, 0.1) is 29.1 Å². The molecule has 0 saturated heterocycles. The minimum absolute atomic E-state index is 0.0770. The molecule has 0 unspecified atom stereocenters. The monoisotopic (exact) mass is 345 g/mol. The molecule has 0 bridgehead atoms. The van der Waals surface area contributed by atoms with E-state index in [4.69, 9.17) is 10.00 Å². The first-order chi connectivity index (χ1) is 12.2. The molecular weight excluding hydrogens is 306 g/mol. The van der Waals surface area contributed by atoms with Crippen LogP contribution >= 0.6 is 0 Å². The van der Waals surface area contributed by atoms with Crippen LogP contribution < -0.4 is 0 Å². The highest BCUT2D eigenvalue weighted by Crippen LogP contribution is 2.45. The highest BCUT2D eigenvalue weighted by Gasteiger charge is 2.38. The van der Waals surface area contributed by atoms with Gasteiger partial charge in [-0.25, -0.2) is 0 Å². The van der Waals surface area contributed by atoms with Gasteiger partial charge in [0.1, 0.15) is 0 Å². The maximum atomic E-state index is 8.61. The fourth-order valence-electron chi connectivity index (χ4n) is 5.31. The summed E-state index contributed by atoms with van der Waals surface area (Å²) in [6.07, 6.45) is 22.4. The molecule has 0 N–H and O–H groups in total. The molecule has 0 radical (unpaired) electrons. The fraction of sp³-hybridized carbons (Fsp3) is 0.870. The van der Waals surface area contributed by atoms with Crippen LogP contribution in [0.1, 0.15) is 96.8 Å². The van der Waals surface area contributed by atoms with Gasteiger partial charge in [0, 0.05) is 13.2 Å². The second-order valence-electron chi connectivity index (χ2n) is 8.57. The lowest BCUT2D eigenvalue weighted by atomic mass is 9.67. The van der Waals surface area contributed by atoms with Gasteiger partial charge in [0.15, 0.2) is 0 Å². The summed E-state index contributed by atoms with van der Waals surface area (Å²) in [6.45, 7) is 2.31. The number of nitriles is 1. The van der Waals surface area contributed by atoms with E-state index < -0.39 is 0 Å². The van der Waals surface area contributed by atoms with Crippen LogP contribution in [0.2, 0.25) is 0 Å². The van der Waals surface area contributed by atoms with E-state index in [2.05, 4.69) is 13.0 Å². The van der Waals surface area contributed by atoms with Crippen LogP contribution in [0.15, 0.2) is 12.2 Å². The minimum Gasteiger partial charge on any atom is -0.378 e. The zero-order valence-corrected chi connectivity index (χ0v) is 16.6. The third-order valence-corrected chi connectivity index (χ3v) is 7.11. The number of rotatable bonds is 9. The third kappa shape index (κ3) is 6.45. The summed E-state index contributed by atoms with van der Waals surface area (Å²) in [5.41, 5.74) is 0.0770. The van der Waals surface area contributed by atoms with Crippen molar-refractivity contribution in [3.8, 4) is 6.07 Å². The van der Waals surface area contributed by atoms with Gasteiger partial charge >= 0.3 is 0 Å². The van der Waals surface area contributed by atoms with Crippen molar-refractivity contribution in [3.05, 3.63) is 12.2 Å². The van der Waals surface area contributed by atoms with E-state index in [9.17, 15) is 0 Å². The average Bonchev–Trinajstić information content (AvgIpc) is 2.67. The van der Waals surface area contributed by atoms with E-state index in [1.807, 2.05) is 13.2 Å². The molecule has 0 atom stereocenters. The zero-order chi connectivity index (χ0) is 18.0. The molecule has 2 fully saturated rings. The van der Waals surface area contributed by atoms with Crippen LogP contribution in [0.5, 0.6) is 0 Å². The number of unbranched alkanes of at least 4 members (excludes halogenated alkanes) is 2. The van der Waals surface area contributed by atoms with E-state index in [-0.39, 0.29) is 5.60 Å².